The molecular formula is C17H15N5O4S4. The van der Waals surface area contributed by atoms with E-state index >= 15 is 0 Å². The fourth-order valence-electron chi connectivity index (χ4n) is 2.61. The van der Waals surface area contributed by atoms with Crippen molar-refractivity contribution >= 4 is 53.5 Å². The van der Waals surface area contributed by atoms with E-state index in [9.17, 15) is 16.8 Å². The maximum Gasteiger partial charge on any atom is 0.265 e. The summed E-state index contributed by atoms with van der Waals surface area (Å²) in [5.74, 6) is 0. The molecule has 1 aromatic carbocycles. The highest BCUT2D eigenvalue weighted by atomic mass is 32.2. The molecule has 4 rings (SSSR count). The van der Waals surface area contributed by atoms with Crippen molar-refractivity contribution in [3.8, 4) is 10.6 Å². The molecule has 0 saturated carbocycles. The summed E-state index contributed by atoms with van der Waals surface area (Å²) in [4.78, 5) is 4.64. The Morgan fingerprint density at radius 2 is 1.70 bits per heavy atom. The minimum Gasteiger partial charge on any atom is -0.280 e. The number of aryl methyl sites for hydroxylation is 1. The Morgan fingerprint density at radius 3 is 2.33 bits per heavy atom. The number of nitrogens with one attached hydrogen (secondary N) is 2. The Labute approximate surface area is 181 Å². The third kappa shape index (κ3) is 4.23. The minimum absolute atomic E-state index is 0.0127. The Balaban J connectivity index is 1.58. The van der Waals surface area contributed by atoms with Crippen LogP contribution in [0.3, 0.4) is 0 Å². The summed E-state index contributed by atoms with van der Waals surface area (Å²) < 4.78 is 56.9. The molecule has 0 aliphatic carbocycles. The Hall–Kier alpha value is -2.74. The van der Waals surface area contributed by atoms with Crippen LogP contribution in [-0.4, -0.2) is 31.6 Å². The second-order valence-electron chi connectivity index (χ2n) is 6.07. The Morgan fingerprint density at radius 1 is 0.933 bits per heavy atom. The molecule has 9 nitrogen and oxygen atoms in total. The monoisotopic (exact) mass is 481 g/mol. The average Bonchev–Trinajstić information content (AvgIpc) is 3.43. The summed E-state index contributed by atoms with van der Waals surface area (Å²) in [6.45, 7) is 0. The van der Waals surface area contributed by atoms with Crippen LogP contribution in [0, 0.1) is 0 Å². The lowest BCUT2D eigenvalue weighted by Gasteiger charge is -2.09. The summed E-state index contributed by atoms with van der Waals surface area (Å²) >= 11 is 2.54. The Kier molecular flexibility index (Phi) is 5.36. The van der Waals surface area contributed by atoms with Crippen LogP contribution in [0.4, 0.5) is 10.8 Å². The number of aromatic nitrogens is 3. The van der Waals surface area contributed by atoms with Gasteiger partial charge in [-0.05, 0) is 35.7 Å². The molecule has 0 amide bonds. The predicted octanol–water partition coefficient (Wildman–Crippen LogP) is 3.21. The highest BCUT2D eigenvalue weighted by Gasteiger charge is 2.24. The topological polar surface area (TPSA) is 123 Å². The molecule has 156 valence electrons. The van der Waals surface area contributed by atoms with Gasteiger partial charge in [0.1, 0.15) is 10.6 Å². The van der Waals surface area contributed by atoms with Crippen molar-refractivity contribution in [2.45, 2.75) is 9.79 Å². The first-order chi connectivity index (χ1) is 14.2. The van der Waals surface area contributed by atoms with E-state index in [1.807, 2.05) is 11.4 Å². The van der Waals surface area contributed by atoms with Crippen LogP contribution in [0.25, 0.3) is 10.6 Å². The van der Waals surface area contributed by atoms with E-state index in [0.29, 0.717) is 5.69 Å². The summed E-state index contributed by atoms with van der Waals surface area (Å²) in [6.07, 6.45) is 2.91. The molecule has 0 radical (unpaired) electrons. The van der Waals surface area contributed by atoms with E-state index in [0.717, 1.165) is 16.2 Å². The van der Waals surface area contributed by atoms with Crippen LogP contribution in [0.2, 0.25) is 0 Å². The van der Waals surface area contributed by atoms with Crippen molar-refractivity contribution in [1.29, 1.82) is 0 Å². The normalized spacial score (nSPS) is 12.0. The van der Waals surface area contributed by atoms with Gasteiger partial charge in [0, 0.05) is 30.5 Å². The highest BCUT2D eigenvalue weighted by Crippen LogP contribution is 2.30. The van der Waals surface area contributed by atoms with Gasteiger partial charge in [-0.15, -0.1) is 22.7 Å². The van der Waals surface area contributed by atoms with Gasteiger partial charge in [0.05, 0.1) is 9.77 Å². The molecular weight excluding hydrogens is 466 g/mol. The minimum atomic E-state index is -3.94. The largest absolute Gasteiger partial charge is 0.280 e. The third-order valence-corrected chi connectivity index (χ3v) is 8.34. The molecule has 0 fully saturated rings. The quantitative estimate of drug-likeness (QED) is 0.418. The summed E-state index contributed by atoms with van der Waals surface area (Å²) in [6, 6.07) is 9.01. The van der Waals surface area contributed by atoms with Gasteiger partial charge in [-0.2, -0.15) is 5.10 Å². The molecule has 0 bridgehead atoms. The van der Waals surface area contributed by atoms with Gasteiger partial charge < -0.3 is 0 Å². The molecule has 4 aromatic rings. The number of hydrogen-bond acceptors (Lipinski definition) is 8. The maximum atomic E-state index is 12.9. The number of rotatable bonds is 7. The summed E-state index contributed by atoms with van der Waals surface area (Å²) in [5.41, 5.74) is 0.580. The van der Waals surface area contributed by atoms with Crippen molar-refractivity contribution in [2.24, 2.45) is 7.05 Å². The average molecular weight is 482 g/mol. The lowest BCUT2D eigenvalue weighted by molar-refractivity contribution is 0.600. The maximum absolute atomic E-state index is 12.9. The van der Waals surface area contributed by atoms with E-state index in [1.54, 1.807) is 18.5 Å². The molecule has 2 N–H and O–H groups in total. The van der Waals surface area contributed by atoms with Crippen LogP contribution in [0.15, 0.2) is 69.3 Å². The molecule has 0 atom stereocenters. The SMILES string of the molecule is Cn1cc(S(=O)(=O)Nc2ccc(S(=O)(=O)Nc3nccs3)cc2)c(-c2cccs2)n1. The molecule has 0 aliphatic heterocycles. The number of benzene rings is 1. The van der Waals surface area contributed by atoms with Crippen LogP contribution >= 0.6 is 22.7 Å². The number of thiazole rings is 1. The third-order valence-electron chi connectivity index (χ3n) is 3.91. The number of anilines is 2. The lowest BCUT2D eigenvalue weighted by atomic mass is 10.3. The Bertz CT molecular complexity index is 1360. The zero-order valence-corrected chi connectivity index (χ0v) is 18.6. The second-order valence-corrected chi connectivity index (χ2v) is 11.2. The first-order valence-electron chi connectivity index (χ1n) is 8.37. The van der Waals surface area contributed by atoms with Crippen molar-refractivity contribution in [2.75, 3.05) is 9.44 Å². The van der Waals surface area contributed by atoms with E-state index in [2.05, 4.69) is 19.5 Å². The van der Waals surface area contributed by atoms with Gasteiger partial charge in [0.15, 0.2) is 5.13 Å². The molecule has 0 spiro atoms. The zero-order chi connectivity index (χ0) is 21.4. The molecule has 0 unspecified atom stereocenters. The van der Waals surface area contributed by atoms with Gasteiger partial charge in [0.2, 0.25) is 0 Å². The zero-order valence-electron chi connectivity index (χ0n) is 15.4. The molecule has 3 heterocycles. The van der Waals surface area contributed by atoms with Crippen molar-refractivity contribution < 1.29 is 16.8 Å². The molecule has 30 heavy (non-hydrogen) atoms. The van der Waals surface area contributed by atoms with Gasteiger partial charge in [-0.1, -0.05) is 6.07 Å². The summed E-state index contributed by atoms with van der Waals surface area (Å²) in [7, 11) is -6.11. The van der Waals surface area contributed by atoms with E-state index in [-0.39, 0.29) is 20.6 Å². The standard InChI is InChI=1S/C17H15N5O4S4/c1-22-11-15(16(19-22)14-3-2-9-27-14)30(25,26)20-12-4-6-13(7-5-12)29(23,24)21-17-18-8-10-28-17/h2-11,20H,1H3,(H,18,21). The molecule has 3 aromatic heterocycles. The second kappa shape index (κ2) is 7.83. The number of thiophene rings is 1. The van der Waals surface area contributed by atoms with Crippen molar-refractivity contribution in [3.63, 3.8) is 0 Å². The predicted molar refractivity (Wildman–Crippen MR) is 117 cm³/mol. The first-order valence-corrected chi connectivity index (χ1v) is 13.1. The smallest absolute Gasteiger partial charge is 0.265 e. The van der Waals surface area contributed by atoms with Crippen LogP contribution in [0.5, 0.6) is 0 Å². The fourth-order valence-corrected chi connectivity index (χ4v) is 6.44. The molecule has 13 heteroatoms. The fraction of sp³-hybridized carbons (Fsp3) is 0.0588. The van der Waals surface area contributed by atoms with Crippen LogP contribution in [0.1, 0.15) is 0 Å². The number of sulfonamides is 2. The van der Waals surface area contributed by atoms with Crippen LogP contribution in [-0.2, 0) is 27.1 Å². The summed E-state index contributed by atoms with van der Waals surface area (Å²) in [5, 5.41) is 8.00. The number of nitrogens with zero attached hydrogens (tertiary/aromatic N) is 3. The first kappa shape index (κ1) is 20.5. The van der Waals surface area contributed by atoms with Gasteiger partial charge >= 0.3 is 0 Å². The molecule has 0 saturated heterocycles. The number of hydrogen-bond donors (Lipinski definition) is 2. The highest BCUT2D eigenvalue weighted by molar-refractivity contribution is 7.93. The van der Waals surface area contributed by atoms with E-state index < -0.39 is 20.0 Å². The van der Waals surface area contributed by atoms with Gasteiger partial charge in [0.25, 0.3) is 20.0 Å². The lowest BCUT2D eigenvalue weighted by Crippen LogP contribution is -2.14. The van der Waals surface area contributed by atoms with Gasteiger partial charge in [-0.3, -0.25) is 14.1 Å². The van der Waals surface area contributed by atoms with Crippen molar-refractivity contribution in [1.82, 2.24) is 14.8 Å². The van der Waals surface area contributed by atoms with Gasteiger partial charge in [-0.25, -0.2) is 21.8 Å². The van der Waals surface area contributed by atoms with Crippen LogP contribution < -0.4 is 9.44 Å². The van der Waals surface area contributed by atoms with E-state index in [4.69, 9.17) is 0 Å². The van der Waals surface area contributed by atoms with Crippen molar-refractivity contribution in [3.05, 3.63) is 59.6 Å². The van der Waals surface area contributed by atoms with E-state index in [1.165, 1.54) is 52.7 Å². The molecule has 0 aliphatic rings.